The van der Waals surface area contributed by atoms with Crippen LogP contribution in [0.1, 0.15) is 30.1 Å². The van der Waals surface area contributed by atoms with Gasteiger partial charge in [-0.1, -0.05) is 49.7 Å². The van der Waals surface area contributed by atoms with Crippen molar-refractivity contribution in [3.8, 4) is 0 Å². The number of ketones is 1. The predicted molar refractivity (Wildman–Crippen MR) is 74.0 cm³/mol. The summed E-state index contributed by atoms with van der Waals surface area (Å²) in [5, 5.41) is 2.24. The predicted octanol–water partition coefficient (Wildman–Crippen LogP) is 3.84. The summed E-state index contributed by atoms with van der Waals surface area (Å²) >= 11 is 0. The van der Waals surface area contributed by atoms with Gasteiger partial charge in [-0.2, -0.15) is 0 Å². The first-order chi connectivity index (χ1) is 8.76. The fourth-order valence-electron chi connectivity index (χ4n) is 2.15. The average Bonchev–Trinajstić information content (AvgIpc) is 2.43. The summed E-state index contributed by atoms with van der Waals surface area (Å²) in [4.78, 5) is 12.3. The van der Waals surface area contributed by atoms with Crippen LogP contribution < -0.4 is 0 Å². The molecule has 2 rings (SSSR count). The highest BCUT2D eigenvalue weighted by molar-refractivity contribution is 6.02. The number of carbonyl (C=O) groups excluding carboxylic acids is 1. The third kappa shape index (κ3) is 2.59. The molecule has 2 nitrogen and oxygen atoms in total. The zero-order chi connectivity index (χ0) is 13.0. The van der Waals surface area contributed by atoms with Crippen LogP contribution in [0.2, 0.25) is 0 Å². The first-order valence-electron chi connectivity index (χ1n) is 6.32. The van der Waals surface area contributed by atoms with Gasteiger partial charge in [-0.05, 0) is 23.3 Å². The van der Waals surface area contributed by atoms with Gasteiger partial charge < -0.3 is 4.74 Å². The van der Waals surface area contributed by atoms with Crippen molar-refractivity contribution in [2.75, 3.05) is 7.11 Å². The Morgan fingerprint density at radius 3 is 2.56 bits per heavy atom. The maximum Gasteiger partial charge on any atom is 0.191 e. The van der Waals surface area contributed by atoms with Crippen molar-refractivity contribution in [1.29, 1.82) is 0 Å². The van der Waals surface area contributed by atoms with Crippen LogP contribution in [0.25, 0.3) is 10.8 Å². The van der Waals surface area contributed by atoms with E-state index >= 15 is 0 Å². The highest BCUT2D eigenvalue weighted by Gasteiger charge is 2.18. The van der Waals surface area contributed by atoms with E-state index in [-0.39, 0.29) is 11.9 Å². The number of benzene rings is 2. The van der Waals surface area contributed by atoms with Gasteiger partial charge in [0.25, 0.3) is 0 Å². The van der Waals surface area contributed by atoms with E-state index in [1.54, 1.807) is 7.11 Å². The quantitative estimate of drug-likeness (QED) is 0.745. The minimum Gasteiger partial charge on any atom is -0.373 e. The normalized spacial score (nSPS) is 12.6. The molecule has 0 aliphatic heterocycles. The van der Waals surface area contributed by atoms with Crippen LogP contribution in [0.4, 0.5) is 0 Å². The van der Waals surface area contributed by atoms with Crippen LogP contribution in [-0.4, -0.2) is 19.0 Å². The number of Topliss-reactive ketones (excluding diaryl/α,β-unsaturated/α-hetero) is 1. The zero-order valence-corrected chi connectivity index (χ0v) is 10.8. The third-order valence-corrected chi connectivity index (χ3v) is 3.16. The molecule has 18 heavy (non-hydrogen) atoms. The standard InChI is InChI=1S/C16H18O2/c1-3-6-15(18-2)16(17)14-10-9-12-7-4-5-8-13(12)11-14/h4-5,7-11,15H,3,6H2,1-2H3. The summed E-state index contributed by atoms with van der Waals surface area (Å²) in [7, 11) is 1.60. The molecule has 0 bridgehead atoms. The molecule has 2 aromatic rings. The molecule has 94 valence electrons. The van der Waals surface area contributed by atoms with E-state index in [9.17, 15) is 4.79 Å². The Labute approximate surface area is 108 Å². The molecule has 2 aromatic carbocycles. The lowest BCUT2D eigenvalue weighted by atomic mass is 9.99. The number of rotatable bonds is 5. The van der Waals surface area contributed by atoms with Crippen LogP contribution in [0, 0.1) is 0 Å². The van der Waals surface area contributed by atoms with Crippen molar-refractivity contribution in [3.05, 3.63) is 48.0 Å². The lowest BCUT2D eigenvalue weighted by Crippen LogP contribution is -2.22. The highest BCUT2D eigenvalue weighted by atomic mass is 16.5. The maximum absolute atomic E-state index is 12.3. The van der Waals surface area contributed by atoms with Crippen molar-refractivity contribution in [2.24, 2.45) is 0 Å². The molecule has 0 spiro atoms. The molecule has 0 N–H and O–H groups in total. The average molecular weight is 242 g/mol. The van der Waals surface area contributed by atoms with E-state index in [4.69, 9.17) is 4.74 Å². The molecule has 0 heterocycles. The van der Waals surface area contributed by atoms with Crippen molar-refractivity contribution >= 4 is 16.6 Å². The van der Waals surface area contributed by atoms with Gasteiger partial charge in [-0.15, -0.1) is 0 Å². The molecule has 0 fully saturated rings. The Kier molecular flexibility index (Phi) is 4.11. The Morgan fingerprint density at radius 1 is 1.17 bits per heavy atom. The summed E-state index contributed by atoms with van der Waals surface area (Å²) in [6.07, 6.45) is 1.39. The second-order valence-electron chi connectivity index (χ2n) is 4.44. The summed E-state index contributed by atoms with van der Waals surface area (Å²) in [5.41, 5.74) is 0.731. The number of methoxy groups -OCH3 is 1. The summed E-state index contributed by atoms with van der Waals surface area (Å²) in [5.74, 6) is 0.0742. The number of hydrogen-bond donors (Lipinski definition) is 0. The van der Waals surface area contributed by atoms with Crippen LogP contribution in [0.5, 0.6) is 0 Å². The van der Waals surface area contributed by atoms with Gasteiger partial charge in [-0.3, -0.25) is 4.79 Å². The highest BCUT2D eigenvalue weighted by Crippen LogP contribution is 2.18. The molecule has 2 heteroatoms. The molecular formula is C16H18O2. The first-order valence-corrected chi connectivity index (χ1v) is 6.32. The van der Waals surface area contributed by atoms with Gasteiger partial charge in [-0.25, -0.2) is 0 Å². The van der Waals surface area contributed by atoms with E-state index < -0.39 is 0 Å². The van der Waals surface area contributed by atoms with Gasteiger partial charge in [0.05, 0.1) is 0 Å². The Bertz CT molecular complexity index is 546. The van der Waals surface area contributed by atoms with E-state index in [1.165, 1.54) is 0 Å². The van der Waals surface area contributed by atoms with Crippen LogP contribution in [0.15, 0.2) is 42.5 Å². The largest absolute Gasteiger partial charge is 0.373 e. The molecule has 0 radical (unpaired) electrons. The minimum atomic E-state index is -0.323. The van der Waals surface area contributed by atoms with Crippen molar-refractivity contribution in [2.45, 2.75) is 25.9 Å². The fraction of sp³-hybridized carbons (Fsp3) is 0.312. The Morgan fingerprint density at radius 2 is 1.89 bits per heavy atom. The van der Waals surface area contributed by atoms with Crippen molar-refractivity contribution < 1.29 is 9.53 Å². The smallest absolute Gasteiger partial charge is 0.191 e. The van der Waals surface area contributed by atoms with Crippen molar-refractivity contribution in [1.82, 2.24) is 0 Å². The van der Waals surface area contributed by atoms with E-state index in [0.29, 0.717) is 0 Å². The number of carbonyl (C=O) groups is 1. The van der Waals surface area contributed by atoms with Crippen LogP contribution in [0.3, 0.4) is 0 Å². The lowest BCUT2D eigenvalue weighted by Gasteiger charge is -2.13. The topological polar surface area (TPSA) is 26.3 Å². The summed E-state index contributed by atoms with van der Waals surface area (Å²) in [6.45, 7) is 2.06. The molecule has 0 amide bonds. The molecule has 1 unspecified atom stereocenters. The van der Waals surface area contributed by atoms with E-state index in [0.717, 1.165) is 29.2 Å². The molecule has 0 aromatic heterocycles. The van der Waals surface area contributed by atoms with Gasteiger partial charge in [0.2, 0.25) is 0 Å². The van der Waals surface area contributed by atoms with Gasteiger partial charge in [0.15, 0.2) is 5.78 Å². The lowest BCUT2D eigenvalue weighted by molar-refractivity contribution is 0.0579. The second-order valence-corrected chi connectivity index (χ2v) is 4.44. The monoisotopic (exact) mass is 242 g/mol. The van der Waals surface area contributed by atoms with Crippen molar-refractivity contribution in [3.63, 3.8) is 0 Å². The number of hydrogen-bond acceptors (Lipinski definition) is 2. The fourth-order valence-corrected chi connectivity index (χ4v) is 2.15. The summed E-state index contributed by atoms with van der Waals surface area (Å²) in [6, 6.07) is 13.9. The SMILES string of the molecule is CCCC(OC)C(=O)c1ccc2ccccc2c1. The number of ether oxygens (including phenoxy) is 1. The molecular weight excluding hydrogens is 224 g/mol. The molecule has 1 atom stereocenters. The maximum atomic E-state index is 12.3. The van der Waals surface area contributed by atoms with Crippen LogP contribution >= 0.6 is 0 Å². The van der Waals surface area contributed by atoms with Gasteiger partial charge in [0, 0.05) is 12.7 Å². The first kappa shape index (κ1) is 12.8. The van der Waals surface area contributed by atoms with E-state index in [1.807, 2.05) is 42.5 Å². The second kappa shape index (κ2) is 5.78. The number of fused-ring (bicyclic) bond motifs is 1. The Hall–Kier alpha value is -1.67. The molecule has 0 aliphatic carbocycles. The summed E-state index contributed by atoms with van der Waals surface area (Å²) < 4.78 is 5.27. The van der Waals surface area contributed by atoms with E-state index in [2.05, 4.69) is 6.92 Å². The third-order valence-electron chi connectivity index (χ3n) is 3.16. The van der Waals surface area contributed by atoms with Gasteiger partial charge >= 0.3 is 0 Å². The zero-order valence-electron chi connectivity index (χ0n) is 10.8. The van der Waals surface area contributed by atoms with Gasteiger partial charge in [0.1, 0.15) is 6.10 Å². The van der Waals surface area contributed by atoms with Crippen LogP contribution in [-0.2, 0) is 4.74 Å². The Balaban J connectivity index is 2.32. The minimum absolute atomic E-state index is 0.0742. The molecule has 0 aliphatic rings. The molecule has 0 saturated heterocycles. The molecule has 0 saturated carbocycles.